The molecule has 1 aromatic heterocycles. The van der Waals surface area contributed by atoms with Crippen LogP contribution in [0.1, 0.15) is 41.6 Å². The van der Waals surface area contributed by atoms with Crippen molar-refractivity contribution in [2.45, 2.75) is 32.9 Å². The molecule has 6 rings (SSSR count). The Bertz CT molecular complexity index is 1830. The molecule has 5 aromatic rings. The molecule has 1 aliphatic heterocycles. The average Bonchev–Trinajstić information content (AvgIpc) is 3.56. The molecule has 1 atom stereocenters. The van der Waals surface area contributed by atoms with Gasteiger partial charge in [-0.05, 0) is 78.6 Å². The summed E-state index contributed by atoms with van der Waals surface area (Å²) >= 11 is 1.33. The highest BCUT2D eigenvalue weighted by Crippen LogP contribution is 2.45. The van der Waals surface area contributed by atoms with Gasteiger partial charge in [0.2, 0.25) is 0 Å². The van der Waals surface area contributed by atoms with Crippen molar-refractivity contribution >= 4 is 44.1 Å². The van der Waals surface area contributed by atoms with E-state index in [0.29, 0.717) is 41.0 Å². The number of ether oxygens (including phenoxy) is 2. The molecule has 4 aromatic carbocycles. The van der Waals surface area contributed by atoms with Crippen molar-refractivity contribution in [3.63, 3.8) is 0 Å². The van der Waals surface area contributed by atoms with Gasteiger partial charge in [-0.3, -0.25) is 14.5 Å². The van der Waals surface area contributed by atoms with E-state index in [2.05, 4.69) is 0 Å². The predicted molar refractivity (Wildman–Crippen MR) is 169 cm³/mol. The maximum absolute atomic E-state index is 13.7. The maximum Gasteiger partial charge on any atom is 0.301 e. The van der Waals surface area contributed by atoms with Gasteiger partial charge in [0.25, 0.3) is 5.78 Å². The molecule has 0 spiro atoms. The molecule has 2 heterocycles. The SMILES string of the molecule is CCCOc1ccc(C(O)=C2C(=O)C(=O)N(c3nc4ccc(C)cc4s3)C2c2cccc(OCc3ccccc3)c2)cc1. The fourth-order valence-corrected chi connectivity index (χ4v) is 6.16. The molecule has 1 unspecified atom stereocenters. The lowest BCUT2D eigenvalue weighted by molar-refractivity contribution is -0.132. The third-order valence-electron chi connectivity index (χ3n) is 7.21. The first-order valence-corrected chi connectivity index (χ1v) is 14.9. The zero-order chi connectivity index (χ0) is 29.9. The number of carbonyl (C=O) groups excluding carboxylic acids is 2. The number of ketones is 1. The Labute approximate surface area is 253 Å². The lowest BCUT2D eigenvalue weighted by atomic mass is 9.95. The number of hydrogen-bond acceptors (Lipinski definition) is 7. The van der Waals surface area contributed by atoms with E-state index in [-0.39, 0.29) is 11.3 Å². The topological polar surface area (TPSA) is 89.0 Å². The van der Waals surface area contributed by atoms with E-state index in [1.54, 1.807) is 30.3 Å². The smallest absolute Gasteiger partial charge is 0.301 e. The minimum atomic E-state index is -0.919. The summed E-state index contributed by atoms with van der Waals surface area (Å²) < 4.78 is 12.7. The minimum absolute atomic E-state index is 0.0112. The summed E-state index contributed by atoms with van der Waals surface area (Å²) in [5.74, 6) is -0.561. The number of anilines is 1. The quantitative estimate of drug-likeness (QED) is 0.108. The Kier molecular flexibility index (Phi) is 7.94. The van der Waals surface area contributed by atoms with E-state index < -0.39 is 17.7 Å². The number of nitrogens with zero attached hydrogens (tertiary/aromatic N) is 2. The molecule has 43 heavy (non-hydrogen) atoms. The molecule has 1 fully saturated rings. The number of thiazole rings is 1. The Morgan fingerprint density at radius 3 is 2.47 bits per heavy atom. The number of rotatable bonds is 9. The van der Waals surface area contributed by atoms with Crippen LogP contribution in [-0.2, 0) is 16.2 Å². The van der Waals surface area contributed by atoms with Crippen molar-refractivity contribution in [2.24, 2.45) is 0 Å². The number of aryl methyl sites for hydroxylation is 1. The number of carbonyl (C=O) groups is 2. The van der Waals surface area contributed by atoms with E-state index in [0.717, 1.165) is 27.8 Å². The van der Waals surface area contributed by atoms with Crippen LogP contribution in [0.5, 0.6) is 11.5 Å². The van der Waals surface area contributed by atoms with Gasteiger partial charge in [-0.1, -0.05) is 66.8 Å². The van der Waals surface area contributed by atoms with Crippen LogP contribution in [0.2, 0.25) is 0 Å². The molecule has 0 bridgehead atoms. The van der Waals surface area contributed by atoms with E-state index >= 15 is 0 Å². The number of hydrogen-bond donors (Lipinski definition) is 1. The summed E-state index contributed by atoms with van der Waals surface area (Å²) in [6.07, 6.45) is 0.866. The van der Waals surface area contributed by atoms with Crippen molar-refractivity contribution in [1.29, 1.82) is 0 Å². The highest BCUT2D eigenvalue weighted by molar-refractivity contribution is 7.22. The molecule has 0 aliphatic carbocycles. The zero-order valence-electron chi connectivity index (χ0n) is 23.8. The fourth-order valence-electron chi connectivity index (χ4n) is 5.07. The van der Waals surface area contributed by atoms with Gasteiger partial charge in [0.15, 0.2) is 5.13 Å². The first kappa shape index (κ1) is 28.2. The molecule has 0 radical (unpaired) electrons. The molecule has 8 heteroatoms. The van der Waals surface area contributed by atoms with Crippen molar-refractivity contribution in [3.05, 3.63) is 125 Å². The third kappa shape index (κ3) is 5.74. The van der Waals surface area contributed by atoms with Crippen LogP contribution in [-0.4, -0.2) is 28.4 Å². The van der Waals surface area contributed by atoms with Gasteiger partial charge in [-0.15, -0.1) is 0 Å². The van der Waals surface area contributed by atoms with Crippen LogP contribution in [0.3, 0.4) is 0 Å². The fraction of sp³-hybridized carbons (Fsp3) is 0.171. The van der Waals surface area contributed by atoms with Crippen molar-refractivity contribution in [2.75, 3.05) is 11.5 Å². The van der Waals surface area contributed by atoms with Crippen LogP contribution in [0, 0.1) is 6.92 Å². The van der Waals surface area contributed by atoms with E-state index in [1.807, 2.05) is 80.6 Å². The molecular weight excluding hydrogens is 560 g/mol. The van der Waals surface area contributed by atoms with Crippen molar-refractivity contribution in [3.8, 4) is 11.5 Å². The molecule has 1 amide bonds. The highest BCUT2D eigenvalue weighted by atomic mass is 32.1. The lowest BCUT2D eigenvalue weighted by Crippen LogP contribution is -2.29. The van der Waals surface area contributed by atoms with Gasteiger partial charge in [0.1, 0.15) is 23.9 Å². The molecular formula is C35H30N2O5S. The minimum Gasteiger partial charge on any atom is -0.507 e. The number of aromatic nitrogens is 1. The first-order chi connectivity index (χ1) is 20.9. The molecule has 7 nitrogen and oxygen atoms in total. The molecule has 0 saturated carbocycles. The number of amides is 1. The second-order valence-electron chi connectivity index (χ2n) is 10.4. The third-order valence-corrected chi connectivity index (χ3v) is 8.22. The van der Waals surface area contributed by atoms with E-state index in [4.69, 9.17) is 14.5 Å². The Hall–Kier alpha value is -4.95. The Morgan fingerprint density at radius 1 is 0.907 bits per heavy atom. The standard InChI is InChI=1S/C35H30N2O5S/c1-3-18-41-26-15-13-24(14-16-26)32(38)30-31(25-10-7-11-27(20-25)42-21-23-8-5-4-6-9-23)37(34(40)33(30)39)35-36-28-17-12-22(2)19-29(28)43-35/h4-17,19-20,31,38H,3,18,21H2,1-2H3. The van der Waals surface area contributed by atoms with Gasteiger partial charge < -0.3 is 14.6 Å². The first-order valence-electron chi connectivity index (χ1n) is 14.1. The van der Waals surface area contributed by atoms with Crippen LogP contribution in [0.15, 0.2) is 103 Å². The number of benzene rings is 4. The van der Waals surface area contributed by atoms with Gasteiger partial charge in [0.05, 0.1) is 28.4 Å². The van der Waals surface area contributed by atoms with E-state index in [1.165, 1.54) is 16.2 Å². The summed E-state index contributed by atoms with van der Waals surface area (Å²) in [6.45, 7) is 4.94. The second-order valence-corrected chi connectivity index (χ2v) is 11.4. The summed E-state index contributed by atoms with van der Waals surface area (Å²) in [5.41, 5.74) is 3.82. The Balaban J connectivity index is 1.44. The number of Topliss-reactive ketones (excluding diaryl/α,β-unsaturated/α-hetero) is 1. The van der Waals surface area contributed by atoms with Gasteiger partial charge in [-0.2, -0.15) is 0 Å². The largest absolute Gasteiger partial charge is 0.507 e. The van der Waals surface area contributed by atoms with Gasteiger partial charge in [-0.25, -0.2) is 4.98 Å². The maximum atomic E-state index is 13.7. The van der Waals surface area contributed by atoms with E-state index in [9.17, 15) is 14.7 Å². The summed E-state index contributed by atoms with van der Waals surface area (Å²) in [6, 6.07) is 28.9. The average molecular weight is 591 g/mol. The second kappa shape index (κ2) is 12.1. The monoisotopic (exact) mass is 590 g/mol. The summed E-state index contributed by atoms with van der Waals surface area (Å²) in [4.78, 5) is 33.5. The number of fused-ring (bicyclic) bond motifs is 1. The van der Waals surface area contributed by atoms with Gasteiger partial charge in [0, 0.05) is 5.56 Å². The zero-order valence-corrected chi connectivity index (χ0v) is 24.6. The molecule has 1 saturated heterocycles. The van der Waals surface area contributed by atoms with Crippen LogP contribution < -0.4 is 14.4 Å². The summed E-state index contributed by atoms with van der Waals surface area (Å²) in [7, 11) is 0. The van der Waals surface area contributed by atoms with Crippen LogP contribution in [0.25, 0.3) is 16.0 Å². The predicted octanol–water partition coefficient (Wildman–Crippen LogP) is 7.60. The van der Waals surface area contributed by atoms with Gasteiger partial charge >= 0.3 is 5.91 Å². The number of aliphatic hydroxyl groups excluding tert-OH is 1. The normalized spacial score (nSPS) is 16.1. The Morgan fingerprint density at radius 2 is 1.70 bits per heavy atom. The lowest BCUT2D eigenvalue weighted by Gasteiger charge is -2.23. The molecule has 216 valence electrons. The highest BCUT2D eigenvalue weighted by Gasteiger charge is 2.48. The van der Waals surface area contributed by atoms with Crippen molar-refractivity contribution in [1.82, 2.24) is 4.98 Å². The number of aliphatic hydroxyl groups is 1. The molecule has 1 N–H and O–H groups in total. The van der Waals surface area contributed by atoms with Crippen LogP contribution >= 0.6 is 11.3 Å². The van der Waals surface area contributed by atoms with Crippen LogP contribution in [0.4, 0.5) is 5.13 Å². The van der Waals surface area contributed by atoms with Crippen molar-refractivity contribution < 1.29 is 24.2 Å². The summed E-state index contributed by atoms with van der Waals surface area (Å²) in [5, 5.41) is 11.9. The molecule has 1 aliphatic rings.